The van der Waals surface area contributed by atoms with Gasteiger partial charge in [-0.25, -0.2) is 13.1 Å². The van der Waals surface area contributed by atoms with E-state index in [0.717, 1.165) is 29.7 Å². The molecule has 2 amide bonds. The Bertz CT molecular complexity index is 1180. The highest BCUT2D eigenvalue weighted by molar-refractivity contribution is 7.89. The Morgan fingerprint density at radius 3 is 2.66 bits per heavy atom. The number of benzene rings is 2. The predicted octanol–water partition coefficient (Wildman–Crippen LogP) is 3.64. The van der Waals surface area contributed by atoms with Crippen LogP contribution in [0.4, 0.5) is 11.4 Å². The number of carbonyl (C=O) groups is 2. The van der Waals surface area contributed by atoms with Crippen LogP contribution in [0.1, 0.15) is 37.3 Å². The highest BCUT2D eigenvalue weighted by Crippen LogP contribution is 2.39. The SMILES string of the molecule is Cc1c(Cl)cccc1NC(=O)CCNS(=O)(=O)c1ccc2c(c1)CC(C)N2C(=O)C1CC1. The lowest BCUT2D eigenvalue weighted by molar-refractivity contribution is -0.120. The molecule has 1 aliphatic carbocycles. The Kier molecular flexibility index (Phi) is 6.29. The first kappa shape index (κ1) is 22.8. The molecule has 1 fully saturated rings. The zero-order valence-corrected chi connectivity index (χ0v) is 19.6. The molecule has 2 aliphatic rings. The maximum absolute atomic E-state index is 12.7. The molecule has 2 aromatic carbocycles. The fourth-order valence-electron chi connectivity index (χ4n) is 3.98. The largest absolute Gasteiger partial charge is 0.326 e. The van der Waals surface area contributed by atoms with Gasteiger partial charge in [0.2, 0.25) is 21.8 Å². The van der Waals surface area contributed by atoms with E-state index in [1.54, 1.807) is 42.2 Å². The molecular weight excluding hydrogens is 450 g/mol. The minimum absolute atomic E-state index is 0.0163. The van der Waals surface area contributed by atoms with Gasteiger partial charge in [-0.2, -0.15) is 0 Å². The van der Waals surface area contributed by atoms with Gasteiger partial charge in [0.15, 0.2) is 0 Å². The maximum atomic E-state index is 12.7. The molecule has 2 N–H and O–H groups in total. The molecule has 170 valence electrons. The van der Waals surface area contributed by atoms with Crippen molar-refractivity contribution < 1.29 is 18.0 Å². The molecule has 32 heavy (non-hydrogen) atoms. The smallest absolute Gasteiger partial charge is 0.240 e. The van der Waals surface area contributed by atoms with Crippen molar-refractivity contribution in [3.05, 3.63) is 52.5 Å². The summed E-state index contributed by atoms with van der Waals surface area (Å²) in [6.07, 6.45) is 2.46. The van der Waals surface area contributed by atoms with Gasteiger partial charge in [0.05, 0.1) is 4.90 Å². The molecule has 0 aromatic heterocycles. The van der Waals surface area contributed by atoms with Crippen molar-refractivity contribution in [2.45, 2.75) is 50.5 Å². The molecule has 1 atom stereocenters. The van der Waals surface area contributed by atoms with Gasteiger partial charge in [-0.1, -0.05) is 17.7 Å². The van der Waals surface area contributed by atoms with Crippen molar-refractivity contribution in [3.63, 3.8) is 0 Å². The lowest BCUT2D eigenvalue weighted by Crippen LogP contribution is -2.36. The monoisotopic (exact) mass is 475 g/mol. The quantitative estimate of drug-likeness (QED) is 0.639. The number of carbonyl (C=O) groups excluding carboxylic acids is 2. The topological polar surface area (TPSA) is 95.6 Å². The summed E-state index contributed by atoms with van der Waals surface area (Å²) in [5, 5.41) is 3.30. The van der Waals surface area contributed by atoms with Crippen LogP contribution >= 0.6 is 11.6 Å². The van der Waals surface area contributed by atoms with E-state index < -0.39 is 10.0 Å². The third kappa shape index (κ3) is 4.67. The lowest BCUT2D eigenvalue weighted by Gasteiger charge is -2.22. The van der Waals surface area contributed by atoms with Crippen LogP contribution in [0.15, 0.2) is 41.3 Å². The molecule has 0 saturated heterocycles. The molecule has 1 heterocycles. The van der Waals surface area contributed by atoms with E-state index in [1.807, 2.05) is 6.92 Å². The van der Waals surface area contributed by atoms with Crippen molar-refractivity contribution in [1.82, 2.24) is 4.72 Å². The molecule has 2 aromatic rings. The summed E-state index contributed by atoms with van der Waals surface area (Å²) in [5.74, 6) is -0.0728. The summed E-state index contributed by atoms with van der Waals surface area (Å²) in [4.78, 5) is 26.7. The van der Waals surface area contributed by atoms with Crippen molar-refractivity contribution >= 4 is 44.8 Å². The van der Waals surface area contributed by atoms with Crippen molar-refractivity contribution in [1.29, 1.82) is 0 Å². The number of sulfonamides is 1. The standard InChI is InChI=1S/C23H26ClN3O4S/c1-14-12-17-13-18(8-9-21(17)27(14)23(29)16-6-7-16)32(30,31)25-11-10-22(28)26-20-5-3-4-19(24)15(20)2/h3-5,8-9,13-14,16,25H,6-7,10-12H2,1-2H3,(H,26,28). The Morgan fingerprint density at radius 1 is 1.19 bits per heavy atom. The van der Waals surface area contributed by atoms with Crippen molar-refractivity contribution in [3.8, 4) is 0 Å². The van der Waals surface area contributed by atoms with Gasteiger partial charge in [-0.15, -0.1) is 0 Å². The van der Waals surface area contributed by atoms with E-state index in [4.69, 9.17) is 11.6 Å². The number of nitrogens with one attached hydrogen (secondary N) is 2. The highest BCUT2D eigenvalue weighted by atomic mass is 35.5. The first-order chi connectivity index (χ1) is 15.2. The number of nitrogens with zero attached hydrogens (tertiary/aromatic N) is 1. The Labute approximate surface area is 193 Å². The summed E-state index contributed by atoms with van der Waals surface area (Å²) in [6, 6.07) is 10.1. The van der Waals surface area contributed by atoms with Gasteiger partial charge in [0, 0.05) is 41.3 Å². The average Bonchev–Trinajstić information content (AvgIpc) is 3.53. The number of amides is 2. The van der Waals surface area contributed by atoms with E-state index in [9.17, 15) is 18.0 Å². The fourth-order valence-corrected chi connectivity index (χ4v) is 5.23. The Morgan fingerprint density at radius 2 is 1.94 bits per heavy atom. The third-order valence-electron chi connectivity index (χ3n) is 5.93. The van der Waals surface area contributed by atoms with Crippen LogP contribution in [0.3, 0.4) is 0 Å². The molecule has 9 heteroatoms. The predicted molar refractivity (Wildman–Crippen MR) is 124 cm³/mol. The van der Waals surface area contributed by atoms with Crippen LogP contribution in [0, 0.1) is 12.8 Å². The first-order valence-corrected chi connectivity index (χ1v) is 12.5. The average molecular weight is 476 g/mol. The van der Waals surface area contributed by atoms with E-state index in [-0.39, 0.29) is 41.6 Å². The summed E-state index contributed by atoms with van der Waals surface area (Å²) in [7, 11) is -3.78. The number of hydrogen-bond donors (Lipinski definition) is 2. The van der Waals surface area contributed by atoms with Crippen LogP contribution in [0.2, 0.25) is 5.02 Å². The molecule has 1 saturated carbocycles. The summed E-state index contributed by atoms with van der Waals surface area (Å²) in [5.41, 5.74) is 3.00. The molecule has 0 bridgehead atoms. The number of anilines is 2. The van der Waals surface area contributed by atoms with Crippen molar-refractivity contribution in [2.24, 2.45) is 5.92 Å². The number of halogens is 1. The minimum Gasteiger partial charge on any atom is -0.326 e. The second kappa shape index (κ2) is 8.84. The van der Waals surface area contributed by atoms with Crippen LogP contribution in [0.5, 0.6) is 0 Å². The van der Waals surface area contributed by atoms with E-state index in [2.05, 4.69) is 10.0 Å². The van der Waals surface area contributed by atoms with Crippen LogP contribution in [-0.2, 0) is 26.0 Å². The lowest BCUT2D eigenvalue weighted by atomic mass is 10.1. The van der Waals surface area contributed by atoms with Crippen LogP contribution in [-0.4, -0.2) is 32.8 Å². The third-order valence-corrected chi connectivity index (χ3v) is 7.80. The normalized spacial score (nSPS) is 17.8. The molecule has 1 unspecified atom stereocenters. The Balaban J connectivity index is 1.38. The summed E-state index contributed by atoms with van der Waals surface area (Å²) in [6.45, 7) is 3.75. The van der Waals surface area contributed by atoms with Gasteiger partial charge in [-0.05, 0) is 74.6 Å². The number of hydrogen-bond acceptors (Lipinski definition) is 4. The molecule has 7 nitrogen and oxygen atoms in total. The fraction of sp³-hybridized carbons (Fsp3) is 0.391. The van der Waals surface area contributed by atoms with E-state index in [0.29, 0.717) is 17.1 Å². The summed E-state index contributed by atoms with van der Waals surface area (Å²) < 4.78 is 28.0. The second-order valence-corrected chi connectivity index (χ2v) is 10.6. The zero-order chi connectivity index (χ0) is 23.0. The number of rotatable bonds is 7. The first-order valence-electron chi connectivity index (χ1n) is 10.7. The van der Waals surface area contributed by atoms with Gasteiger partial charge in [-0.3, -0.25) is 9.59 Å². The van der Waals surface area contributed by atoms with Gasteiger partial charge in [0.25, 0.3) is 0 Å². The van der Waals surface area contributed by atoms with Gasteiger partial charge < -0.3 is 10.2 Å². The molecule has 4 rings (SSSR count). The highest BCUT2D eigenvalue weighted by Gasteiger charge is 2.39. The van der Waals surface area contributed by atoms with Gasteiger partial charge >= 0.3 is 0 Å². The van der Waals surface area contributed by atoms with E-state index in [1.165, 1.54) is 6.07 Å². The van der Waals surface area contributed by atoms with Gasteiger partial charge in [0.1, 0.15) is 0 Å². The zero-order valence-electron chi connectivity index (χ0n) is 18.0. The molecule has 0 spiro atoms. The Hall–Kier alpha value is -2.42. The maximum Gasteiger partial charge on any atom is 0.240 e. The van der Waals surface area contributed by atoms with Crippen LogP contribution < -0.4 is 14.9 Å². The molecule has 0 radical (unpaired) electrons. The second-order valence-electron chi connectivity index (χ2n) is 8.43. The van der Waals surface area contributed by atoms with E-state index >= 15 is 0 Å². The number of fused-ring (bicyclic) bond motifs is 1. The summed E-state index contributed by atoms with van der Waals surface area (Å²) >= 11 is 6.06. The minimum atomic E-state index is -3.78. The molecule has 1 aliphatic heterocycles. The van der Waals surface area contributed by atoms with Crippen LogP contribution in [0.25, 0.3) is 0 Å². The molecular formula is C23H26ClN3O4S. The van der Waals surface area contributed by atoms with Crippen molar-refractivity contribution in [2.75, 3.05) is 16.8 Å².